The molecule has 1 heterocycles. The van der Waals surface area contributed by atoms with Crippen LogP contribution < -0.4 is 4.72 Å². The van der Waals surface area contributed by atoms with Crippen molar-refractivity contribution >= 4 is 15.9 Å². The lowest BCUT2D eigenvalue weighted by molar-refractivity contribution is -0.133. The third kappa shape index (κ3) is 5.13. The van der Waals surface area contributed by atoms with Gasteiger partial charge in [0.25, 0.3) is 6.43 Å². The van der Waals surface area contributed by atoms with E-state index in [-0.39, 0.29) is 29.3 Å². The van der Waals surface area contributed by atoms with Crippen LogP contribution in [0.1, 0.15) is 42.7 Å². The average molecular weight is 449 g/mol. The molecule has 2 aromatic rings. The Hall–Kier alpha value is -2.32. The molecule has 166 valence electrons. The number of sulfonamides is 1. The highest BCUT2D eigenvalue weighted by Gasteiger charge is 2.47. The van der Waals surface area contributed by atoms with E-state index in [4.69, 9.17) is 0 Å². The number of carbonyl (C=O) groups is 1. The molecule has 0 radical (unpaired) electrons. The maximum atomic E-state index is 13.3. The minimum Gasteiger partial charge on any atom is -0.341 e. The van der Waals surface area contributed by atoms with E-state index < -0.39 is 16.4 Å². The van der Waals surface area contributed by atoms with Crippen molar-refractivity contribution in [3.05, 3.63) is 59.7 Å². The van der Waals surface area contributed by atoms with E-state index in [2.05, 4.69) is 4.72 Å². The Balaban J connectivity index is 1.53. The van der Waals surface area contributed by atoms with Crippen LogP contribution in [0, 0.1) is 5.92 Å². The Kier molecular flexibility index (Phi) is 6.12. The second-order valence-electron chi connectivity index (χ2n) is 8.48. The molecule has 8 heteroatoms. The summed E-state index contributed by atoms with van der Waals surface area (Å²) in [6.07, 6.45) is 0.694. The Morgan fingerprint density at radius 1 is 1.16 bits per heavy atom. The van der Waals surface area contributed by atoms with Crippen molar-refractivity contribution in [3.8, 4) is 11.1 Å². The Labute approximate surface area is 181 Å². The number of likely N-dealkylation sites (tertiary alicyclic amines) is 1. The molecular weight excluding hydrogens is 422 g/mol. The number of carbonyl (C=O) groups excluding carboxylic acids is 1. The van der Waals surface area contributed by atoms with Crippen LogP contribution in [0.2, 0.25) is 0 Å². The van der Waals surface area contributed by atoms with Crippen molar-refractivity contribution in [1.29, 1.82) is 0 Å². The molecule has 0 bridgehead atoms. The van der Waals surface area contributed by atoms with Crippen LogP contribution in [0.25, 0.3) is 11.1 Å². The number of hydrogen-bond acceptors (Lipinski definition) is 3. The summed E-state index contributed by atoms with van der Waals surface area (Å²) in [4.78, 5) is 14.8. The zero-order chi connectivity index (χ0) is 22.2. The fourth-order valence-electron chi connectivity index (χ4n) is 4.52. The standard InChI is InChI=1S/C23H26F2N2O3S/c1-31(29,30)26-17-8-5-11-27(14-17)23(28)21-13-20(21)18-10-9-16(22(24)25)12-19(18)15-6-3-2-4-7-15/h2-4,6-7,9-10,12,17,20-22,26H,5,8,11,13-14H2,1H3/t17-,20+,21-/m1/s1. The van der Waals surface area contributed by atoms with Crippen LogP contribution in [-0.4, -0.2) is 44.6 Å². The molecule has 2 aliphatic rings. The number of nitrogens with one attached hydrogen (secondary N) is 1. The van der Waals surface area contributed by atoms with Gasteiger partial charge in [-0.15, -0.1) is 0 Å². The highest BCUT2D eigenvalue weighted by molar-refractivity contribution is 7.88. The van der Waals surface area contributed by atoms with Gasteiger partial charge in [-0.1, -0.05) is 42.5 Å². The maximum absolute atomic E-state index is 13.3. The smallest absolute Gasteiger partial charge is 0.263 e. The van der Waals surface area contributed by atoms with E-state index in [1.165, 1.54) is 12.1 Å². The van der Waals surface area contributed by atoms with E-state index in [1.54, 1.807) is 11.0 Å². The third-order valence-electron chi connectivity index (χ3n) is 6.04. The van der Waals surface area contributed by atoms with Gasteiger partial charge in [0, 0.05) is 30.6 Å². The van der Waals surface area contributed by atoms with Crippen molar-refractivity contribution < 1.29 is 22.0 Å². The summed E-state index contributed by atoms with van der Waals surface area (Å²) in [5.74, 6) is -0.198. The average Bonchev–Trinajstić information content (AvgIpc) is 3.53. The topological polar surface area (TPSA) is 66.5 Å². The lowest BCUT2D eigenvalue weighted by atomic mass is 9.93. The van der Waals surface area contributed by atoms with Crippen molar-refractivity contribution in [1.82, 2.24) is 9.62 Å². The highest BCUT2D eigenvalue weighted by atomic mass is 32.2. The number of piperidine rings is 1. The van der Waals surface area contributed by atoms with Gasteiger partial charge < -0.3 is 4.90 Å². The second kappa shape index (κ2) is 8.67. The van der Waals surface area contributed by atoms with E-state index in [1.807, 2.05) is 30.3 Å². The normalized spacial score (nSPS) is 23.7. The molecule has 1 aliphatic carbocycles. The SMILES string of the molecule is CS(=O)(=O)N[C@@H]1CCCN(C(=O)[C@@H]2C[C@H]2c2ccc(C(F)F)cc2-c2ccccc2)C1. The number of halogens is 2. The van der Waals surface area contributed by atoms with E-state index in [0.717, 1.165) is 29.4 Å². The van der Waals surface area contributed by atoms with Crippen molar-refractivity contribution in [3.63, 3.8) is 0 Å². The Morgan fingerprint density at radius 3 is 2.58 bits per heavy atom. The molecule has 0 unspecified atom stereocenters. The van der Waals surface area contributed by atoms with E-state index in [0.29, 0.717) is 25.9 Å². The largest absolute Gasteiger partial charge is 0.341 e. The molecule has 0 spiro atoms. The van der Waals surface area contributed by atoms with Crippen LogP contribution in [-0.2, 0) is 14.8 Å². The molecule has 2 fully saturated rings. The molecule has 1 saturated carbocycles. The van der Waals surface area contributed by atoms with Crippen molar-refractivity contribution in [2.45, 2.75) is 37.6 Å². The lowest BCUT2D eigenvalue weighted by Crippen LogP contribution is -2.49. The van der Waals surface area contributed by atoms with Crippen LogP contribution in [0.3, 0.4) is 0 Å². The quantitative estimate of drug-likeness (QED) is 0.728. The van der Waals surface area contributed by atoms with Gasteiger partial charge in [0.2, 0.25) is 15.9 Å². The third-order valence-corrected chi connectivity index (χ3v) is 6.80. The summed E-state index contributed by atoms with van der Waals surface area (Å²) < 4.78 is 52.3. The summed E-state index contributed by atoms with van der Waals surface area (Å²) in [6, 6.07) is 13.8. The number of amides is 1. The minimum atomic E-state index is -3.33. The molecule has 1 N–H and O–H groups in total. The maximum Gasteiger partial charge on any atom is 0.263 e. The van der Waals surface area contributed by atoms with E-state index in [9.17, 15) is 22.0 Å². The first-order valence-corrected chi connectivity index (χ1v) is 12.4. The highest BCUT2D eigenvalue weighted by Crippen LogP contribution is 2.51. The summed E-state index contributed by atoms with van der Waals surface area (Å²) in [5, 5.41) is 0. The van der Waals surface area contributed by atoms with Crippen LogP contribution >= 0.6 is 0 Å². The molecule has 3 atom stereocenters. The molecule has 5 nitrogen and oxygen atoms in total. The zero-order valence-corrected chi connectivity index (χ0v) is 18.1. The minimum absolute atomic E-state index is 0.0157. The molecule has 1 aliphatic heterocycles. The van der Waals surface area contributed by atoms with Crippen LogP contribution in [0.15, 0.2) is 48.5 Å². The van der Waals surface area contributed by atoms with Gasteiger partial charge in [-0.05, 0) is 47.9 Å². The van der Waals surface area contributed by atoms with Crippen LogP contribution in [0.4, 0.5) is 8.78 Å². The Morgan fingerprint density at radius 2 is 1.90 bits per heavy atom. The number of benzene rings is 2. The summed E-state index contributed by atoms with van der Waals surface area (Å²) in [7, 11) is -3.33. The molecule has 4 rings (SSSR count). The number of rotatable bonds is 6. The van der Waals surface area contributed by atoms with Gasteiger partial charge >= 0.3 is 0 Å². The van der Waals surface area contributed by atoms with Gasteiger partial charge in [-0.2, -0.15) is 0 Å². The molecule has 1 saturated heterocycles. The van der Waals surface area contributed by atoms with Gasteiger partial charge in [-0.25, -0.2) is 21.9 Å². The summed E-state index contributed by atoms with van der Waals surface area (Å²) in [6.45, 7) is 0.977. The predicted molar refractivity (Wildman–Crippen MR) is 115 cm³/mol. The Bertz CT molecular complexity index is 1060. The second-order valence-corrected chi connectivity index (χ2v) is 10.3. The van der Waals surface area contributed by atoms with Gasteiger partial charge in [-0.3, -0.25) is 4.79 Å². The summed E-state index contributed by atoms with van der Waals surface area (Å²) >= 11 is 0. The number of nitrogens with zero attached hydrogens (tertiary/aromatic N) is 1. The van der Waals surface area contributed by atoms with E-state index >= 15 is 0 Å². The first-order valence-electron chi connectivity index (χ1n) is 10.5. The molecular formula is C23H26F2N2O3S. The first kappa shape index (κ1) is 21.9. The molecule has 1 amide bonds. The number of hydrogen-bond donors (Lipinski definition) is 1. The van der Waals surface area contributed by atoms with Gasteiger partial charge in [0.15, 0.2) is 0 Å². The predicted octanol–water partition coefficient (Wildman–Crippen LogP) is 3.93. The molecule has 2 aromatic carbocycles. The fourth-order valence-corrected chi connectivity index (χ4v) is 5.32. The fraction of sp³-hybridized carbons (Fsp3) is 0.435. The van der Waals surface area contributed by atoms with Crippen LogP contribution in [0.5, 0.6) is 0 Å². The lowest BCUT2D eigenvalue weighted by Gasteiger charge is -2.33. The first-order chi connectivity index (χ1) is 14.7. The molecule has 31 heavy (non-hydrogen) atoms. The number of alkyl halides is 2. The monoisotopic (exact) mass is 448 g/mol. The van der Waals surface area contributed by atoms with Gasteiger partial charge in [0.1, 0.15) is 0 Å². The molecule has 0 aromatic heterocycles. The zero-order valence-electron chi connectivity index (χ0n) is 17.3. The summed E-state index contributed by atoms with van der Waals surface area (Å²) in [5.41, 5.74) is 2.48. The van der Waals surface area contributed by atoms with Crippen molar-refractivity contribution in [2.75, 3.05) is 19.3 Å². The van der Waals surface area contributed by atoms with Gasteiger partial charge in [0.05, 0.1) is 6.26 Å². The van der Waals surface area contributed by atoms with Crippen molar-refractivity contribution in [2.24, 2.45) is 5.92 Å².